The Morgan fingerprint density at radius 1 is 1.30 bits per heavy atom. The van der Waals surface area contributed by atoms with Crippen LogP contribution in [-0.2, 0) is 4.74 Å². The molecule has 1 aliphatic carbocycles. The van der Waals surface area contributed by atoms with Gasteiger partial charge in [0.2, 0.25) is 0 Å². The summed E-state index contributed by atoms with van der Waals surface area (Å²) < 4.78 is 5.67. The van der Waals surface area contributed by atoms with Crippen molar-refractivity contribution in [1.82, 2.24) is 10.2 Å². The summed E-state index contributed by atoms with van der Waals surface area (Å²) in [5.41, 5.74) is 0.430. The van der Waals surface area contributed by atoms with Crippen LogP contribution in [0.1, 0.15) is 46.0 Å². The normalized spacial score (nSPS) is 31.4. The van der Waals surface area contributed by atoms with Gasteiger partial charge >= 0.3 is 0 Å². The second kappa shape index (κ2) is 7.74. The average Bonchev–Trinajstić information content (AvgIpc) is 2.48. The summed E-state index contributed by atoms with van der Waals surface area (Å²) in [5.74, 6) is 0. The summed E-state index contributed by atoms with van der Waals surface area (Å²) in [6.45, 7) is 9.56. The number of ether oxygens (including phenoxy) is 1. The molecule has 118 valence electrons. The first kappa shape index (κ1) is 16.2. The van der Waals surface area contributed by atoms with Crippen LogP contribution in [0.25, 0.3) is 0 Å². The number of morpholine rings is 1. The molecule has 2 atom stereocenters. The highest BCUT2D eigenvalue weighted by molar-refractivity contribution is 4.90. The summed E-state index contributed by atoms with van der Waals surface area (Å²) in [5, 5.41) is 12.9. The zero-order valence-electron chi connectivity index (χ0n) is 13.2. The zero-order chi connectivity index (χ0) is 14.4. The van der Waals surface area contributed by atoms with Crippen LogP contribution in [0.3, 0.4) is 0 Å². The summed E-state index contributed by atoms with van der Waals surface area (Å²) in [4.78, 5) is 2.55. The first-order chi connectivity index (χ1) is 9.69. The molecular weight excluding hydrogens is 252 g/mol. The van der Waals surface area contributed by atoms with E-state index in [-0.39, 0.29) is 12.7 Å². The van der Waals surface area contributed by atoms with Gasteiger partial charge in [-0.05, 0) is 31.7 Å². The van der Waals surface area contributed by atoms with E-state index in [0.29, 0.717) is 11.5 Å². The van der Waals surface area contributed by atoms with E-state index in [1.165, 1.54) is 32.1 Å². The van der Waals surface area contributed by atoms with Gasteiger partial charge < -0.3 is 15.2 Å². The van der Waals surface area contributed by atoms with Crippen molar-refractivity contribution >= 4 is 0 Å². The van der Waals surface area contributed by atoms with Crippen LogP contribution < -0.4 is 5.32 Å². The molecule has 2 unspecified atom stereocenters. The minimum Gasteiger partial charge on any atom is -0.394 e. The van der Waals surface area contributed by atoms with Crippen molar-refractivity contribution < 1.29 is 9.84 Å². The van der Waals surface area contributed by atoms with Gasteiger partial charge in [-0.2, -0.15) is 0 Å². The van der Waals surface area contributed by atoms with Gasteiger partial charge in [0.25, 0.3) is 0 Å². The third-order valence-electron chi connectivity index (χ3n) is 5.04. The highest BCUT2D eigenvalue weighted by Crippen LogP contribution is 2.37. The Balaban J connectivity index is 1.98. The van der Waals surface area contributed by atoms with Gasteiger partial charge in [0, 0.05) is 25.7 Å². The lowest BCUT2D eigenvalue weighted by atomic mass is 9.73. The van der Waals surface area contributed by atoms with Crippen molar-refractivity contribution in [2.45, 2.75) is 58.1 Å². The van der Waals surface area contributed by atoms with E-state index >= 15 is 0 Å². The predicted octanol–water partition coefficient (Wildman–Crippen LogP) is 1.63. The van der Waals surface area contributed by atoms with Gasteiger partial charge in [-0.25, -0.2) is 0 Å². The lowest BCUT2D eigenvalue weighted by Gasteiger charge is -2.46. The number of aliphatic hydroxyl groups excluding tert-OH is 1. The fraction of sp³-hybridized carbons (Fsp3) is 1.00. The van der Waals surface area contributed by atoms with E-state index < -0.39 is 0 Å². The number of nitrogens with one attached hydrogen (secondary N) is 1. The van der Waals surface area contributed by atoms with E-state index in [4.69, 9.17) is 4.74 Å². The van der Waals surface area contributed by atoms with Crippen LogP contribution in [0.5, 0.6) is 0 Å². The Labute approximate surface area is 123 Å². The average molecular weight is 284 g/mol. The van der Waals surface area contributed by atoms with Gasteiger partial charge in [-0.15, -0.1) is 0 Å². The van der Waals surface area contributed by atoms with E-state index in [0.717, 1.165) is 32.8 Å². The number of nitrogens with zero attached hydrogens (tertiary/aromatic N) is 1. The maximum atomic E-state index is 9.34. The third-order valence-corrected chi connectivity index (χ3v) is 5.04. The minimum absolute atomic E-state index is 0.00553. The molecule has 0 aromatic heterocycles. The molecule has 2 aliphatic rings. The van der Waals surface area contributed by atoms with E-state index in [9.17, 15) is 5.11 Å². The second-order valence-corrected chi connectivity index (χ2v) is 6.76. The monoisotopic (exact) mass is 284 g/mol. The Hall–Kier alpha value is -0.160. The number of aliphatic hydroxyl groups is 1. The molecule has 0 spiro atoms. The molecule has 1 heterocycles. The minimum atomic E-state index is 0.00553. The molecule has 1 saturated heterocycles. The highest BCUT2D eigenvalue weighted by atomic mass is 16.5. The molecule has 0 aromatic rings. The summed E-state index contributed by atoms with van der Waals surface area (Å²) in [7, 11) is 0. The van der Waals surface area contributed by atoms with Crippen molar-refractivity contribution in [3.8, 4) is 0 Å². The molecule has 2 fully saturated rings. The van der Waals surface area contributed by atoms with Gasteiger partial charge in [-0.1, -0.05) is 26.2 Å². The topological polar surface area (TPSA) is 44.7 Å². The molecule has 20 heavy (non-hydrogen) atoms. The zero-order valence-corrected chi connectivity index (χ0v) is 13.2. The van der Waals surface area contributed by atoms with Gasteiger partial charge in [0.1, 0.15) is 0 Å². The van der Waals surface area contributed by atoms with Crippen molar-refractivity contribution in [2.75, 3.05) is 39.4 Å². The summed E-state index contributed by atoms with van der Waals surface area (Å²) in [6.07, 6.45) is 6.82. The highest BCUT2D eigenvalue weighted by Gasteiger charge is 2.36. The molecule has 1 saturated carbocycles. The van der Waals surface area contributed by atoms with Crippen LogP contribution in [0.15, 0.2) is 0 Å². The van der Waals surface area contributed by atoms with Crippen LogP contribution in [0.2, 0.25) is 0 Å². The fourth-order valence-corrected chi connectivity index (χ4v) is 3.72. The van der Waals surface area contributed by atoms with Crippen LogP contribution in [-0.4, -0.2) is 61.5 Å². The molecular formula is C16H32N2O2. The van der Waals surface area contributed by atoms with Crippen LogP contribution >= 0.6 is 0 Å². The number of rotatable bonds is 6. The molecule has 1 aliphatic heterocycles. The quantitative estimate of drug-likeness (QED) is 0.778. The summed E-state index contributed by atoms with van der Waals surface area (Å²) >= 11 is 0. The molecule has 0 radical (unpaired) electrons. The maximum absolute atomic E-state index is 9.34. The molecule has 4 nitrogen and oxygen atoms in total. The Morgan fingerprint density at radius 3 is 2.70 bits per heavy atom. The molecule has 2 N–H and O–H groups in total. The van der Waals surface area contributed by atoms with E-state index in [1.807, 2.05) is 0 Å². The lowest BCUT2D eigenvalue weighted by molar-refractivity contribution is -0.0906. The first-order valence-electron chi connectivity index (χ1n) is 8.36. The standard InChI is InChI=1S/C16H32N2O2/c1-3-17-12-16(7-5-4-6-8-16)13-18-9-15(10-19)20-11-14(18)2/h14-15,17,19H,3-13H2,1-2H3. The van der Waals surface area contributed by atoms with Gasteiger partial charge in [-0.3, -0.25) is 4.90 Å². The van der Waals surface area contributed by atoms with E-state index in [2.05, 4.69) is 24.1 Å². The van der Waals surface area contributed by atoms with Crippen molar-refractivity contribution in [2.24, 2.45) is 5.41 Å². The Kier molecular flexibility index (Phi) is 6.27. The van der Waals surface area contributed by atoms with Crippen molar-refractivity contribution in [1.29, 1.82) is 0 Å². The summed E-state index contributed by atoms with van der Waals surface area (Å²) in [6, 6.07) is 0.471. The second-order valence-electron chi connectivity index (χ2n) is 6.76. The van der Waals surface area contributed by atoms with Crippen molar-refractivity contribution in [3.05, 3.63) is 0 Å². The van der Waals surface area contributed by atoms with Crippen molar-refractivity contribution in [3.63, 3.8) is 0 Å². The fourth-order valence-electron chi connectivity index (χ4n) is 3.72. The smallest absolute Gasteiger partial charge is 0.0933 e. The molecule has 0 bridgehead atoms. The largest absolute Gasteiger partial charge is 0.394 e. The molecule has 0 aromatic carbocycles. The molecule has 0 amide bonds. The first-order valence-corrected chi connectivity index (χ1v) is 8.36. The third kappa shape index (κ3) is 4.17. The number of hydrogen-bond donors (Lipinski definition) is 2. The Bertz CT molecular complexity index is 280. The van der Waals surface area contributed by atoms with Gasteiger partial charge in [0.05, 0.1) is 19.3 Å². The Morgan fingerprint density at radius 2 is 2.05 bits per heavy atom. The molecule has 2 rings (SSSR count). The van der Waals surface area contributed by atoms with Crippen LogP contribution in [0, 0.1) is 5.41 Å². The maximum Gasteiger partial charge on any atom is 0.0933 e. The van der Waals surface area contributed by atoms with E-state index in [1.54, 1.807) is 0 Å². The number of hydrogen-bond acceptors (Lipinski definition) is 4. The molecule has 4 heteroatoms. The SMILES string of the molecule is CCNCC1(CN2CC(CO)OCC2C)CCCCC1. The van der Waals surface area contributed by atoms with Gasteiger partial charge in [0.15, 0.2) is 0 Å². The lowest BCUT2D eigenvalue weighted by Crippen LogP contribution is -2.55. The predicted molar refractivity (Wildman–Crippen MR) is 81.9 cm³/mol. The van der Waals surface area contributed by atoms with Crippen LogP contribution in [0.4, 0.5) is 0 Å².